The van der Waals surface area contributed by atoms with E-state index in [1.807, 2.05) is 31.2 Å². The second-order valence-electron chi connectivity index (χ2n) is 6.69. The Morgan fingerprint density at radius 1 is 0.966 bits per heavy atom. The quantitative estimate of drug-likeness (QED) is 0.535. The SMILES string of the molecule is COc1cccc(C(=O)Nc2oc3ccccc3c(=O)c2-c2cccc(C)c2)c1. The molecule has 5 heteroatoms. The van der Waals surface area contributed by atoms with Gasteiger partial charge in [0, 0.05) is 5.56 Å². The van der Waals surface area contributed by atoms with Gasteiger partial charge in [0.25, 0.3) is 5.91 Å². The maximum atomic E-state index is 13.2. The summed E-state index contributed by atoms with van der Waals surface area (Å²) in [5.74, 6) is 0.292. The summed E-state index contributed by atoms with van der Waals surface area (Å²) in [5, 5.41) is 3.23. The van der Waals surface area contributed by atoms with Crippen molar-refractivity contribution < 1.29 is 13.9 Å². The van der Waals surface area contributed by atoms with Crippen molar-refractivity contribution in [2.45, 2.75) is 6.92 Å². The molecule has 29 heavy (non-hydrogen) atoms. The normalized spacial score (nSPS) is 10.7. The number of fused-ring (bicyclic) bond motifs is 1. The molecule has 1 aromatic heterocycles. The van der Waals surface area contributed by atoms with Gasteiger partial charge >= 0.3 is 0 Å². The monoisotopic (exact) mass is 385 g/mol. The highest BCUT2D eigenvalue weighted by atomic mass is 16.5. The maximum Gasteiger partial charge on any atom is 0.258 e. The second kappa shape index (κ2) is 7.64. The van der Waals surface area contributed by atoms with Crippen molar-refractivity contribution in [3.8, 4) is 16.9 Å². The molecule has 1 heterocycles. The number of carbonyl (C=O) groups is 1. The molecule has 0 bridgehead atoms. The summed E-state index contributed by atoms with van der Waals surface area (Å²) in [5.41, 5.74) is 2.62. The number of ether oxygens (including phenoxy) is 1. The molecule has 0 saturated carbocycles. The molecule has 1 N–H and O–H groups in total. The zero-order chi connectivity index (χ0) is 20.4. The van der Waals surface area contributed by atoms with E-state index in [2.05, 4.69) is 5.32 Å². The summed E-state index contributed by atoms with van der Waals surface area (Å²) in [7, 11) is 1.54. The number of methoxy groups -OCH3 is 1. The van der Waals surface area contributed by atoms with Crippen molar-refractivity contribution >= 4 is 22.8 Å². The van der Waals surface area contributed by atoms with Crippen molar-refractivity contribution in [2.24, 2.45) is 0 Å². The first-order valence-electron chi connectivity index (χ1n) is 9.15. The van der Waals surface area contributed by atoms with Gasteiger partial charge in [-0.05, 0) is 42.8 Å². The minimum atomic E-state index is -0.392. The Morgan fingerprint density at radius 2 is 1.76 bits per heavy atom. The van der Waals surface area contributed by atoms with E-state index in [1.165, 1.54) is 7.11 Å². The molecule has 0 aliphatic rings. The maximum absolute atomic E-state index is 13.2. The van der Waals surface area contributed by atoms with Crippen LogP contribution in [0.1, 0.15) is 15.9 Å². The van der Waals surface area contributed by atoms with Crippen molar-refractivity contribution in [2.75, 3.05) is 12.4 Å². The Hall–Kier alpha value is -3.86. The van der Waals surface area contributed by atoms with Gasteiger partial charge in [-0.25, -0.2) is 0 Å². The first-order chi connectivity index (χ1) is 14.1. The van der Waals surface area contributed by atoms with Crippen LogP contribution in [0.2, 0.25) is 0 Å². The summed E-state index contributed by atoms with van der Waals surface area (Å²) >= 11 is 0. The lowest BCUT2D eigenvalue weighted by Gasteiger charge is -2.12. The van der Waals surface area contributed by atoms with E-state index in [0.29, 0.717) is 33.4 Å². The third kappa shape index (κ3) is 3.62. The summed E-state index contributed by atoms with van der Waals surface area (Å²) in [6.07, 6.45) is 0. The Bertz CT molecular complexity index is 1270. The van der Waals surface area contributed by atoms with E-state index >= 15 is 0 Å². The summed E-state index contributed by atoms with van der Waals surface area (Å²) in [4.78, 5) is 26.1. The zero-order valence-electron chi connectivity index (χ0n) is 16.1. The van der Waals surface area contributed by atoms with Gasteiger partial charge in [-0.15, -0.1) is 0 Å². The standard InChI is InChI=1S/C24H19NO4/c1-15-7-5-8-16(13-15)21-22(26)19-11-3-4-12-20(19)29-24(21)25-23(27)17-9-6-10-18(14-17)28-2/h3-14H,1-2H3,(H,25,27). The summed E-state index contributed by atoms with van der Waals surface area (Å²) in [6.45, 7) is 1.95. The molecule has 5 nitrogen and oxygen atoms in total. The minimum absolute atomic E-state index is 0.118. The fourth-order valence-electron chi connectivity index (χ4n) is 3.23. The van der Waals surface area contributed by atoms with Gasteiger partial charge < -0.3 is 9.15 Å². The molecule has 0 fully saturated rings. The number of hydrogen-bond donors (Lipinski definition) is 1. The van der Waals surface area contributed by atoms with E-state index in [1.54, 1.807) is 48.5 Å². The molecule has 1 amide bonds. The molecule has 0 saturated heterocycles. The Balaban J connectivity index is 1.87. The van der Waals surface area contributed by atoms with Crippen LogP contribution < -0.4 is 15.5 Å². The number of carbonyl (C=O) groups excluding carboxylic acids is 1. The van der Waals surface area contributed by atoms with E-state index in [9.17, 15) is 9.59 Å². The number of benzene rings is 3. The average Bonchev–Trinajstić information content (AvgIpc) is 2.74. The van der Waals surface area contributed by atoms with Crippen LogP contribution in [0.25, 0.3) is 22.1 Å². The third-order valence-electron chi connectivity index (χ3n) is 4.66. The smallest absolute Gasteiger partial charge is 0.258 e. The van der Waals surface area contributed by atoms with Crippen LogP contribution in [0.3, 0.4) is 0 Å². The number of para-hydroxylation sites is 1. The van der Waals surface area contributed by atoms with Gasteiger partial charge in [0.1, 0.15) is 11.3 Å². The number of nitrogens with one attached hydrogen (secondary N) is 1. The molecular weight excluding hydrogens is 366 g/mol. The number of anilines is 1. The Labute approximate surface area is 167 Å². The first-order valence-corrected chi connectivity index (χ1v) is 9.15. The lowest BCUT2D eigenvalue weighted by atomic mass is 10.0. The Kier molecular flexibility index (Phi) is 4.87. The van der Waals surface area contributed by atoms with Gasteiger partial charge in [-0.2, -0.15) is 0 Å². The van der Waals surface area contributed by atoms with Crippen molar-refractivity contribution in [3.63, 3.8) is 0 Å². The van der Waals surface area contributed by atoms with Crippen LogP contribution in [0, 0.1) is 6.92 Å². The fourth-order valence-corrected chi connectivity index (χ4v) is 3.23. The van der Waals surface area contributed by atoms with Crippen LogP contribution in [0.15, 0.2) is 82.0 Å². The van der Waals surface area contributed by atoms with Crippen LogP contribution >= 0.6 is 0 Å². The lowest BCUT2D eigenvalue weighted by molar-refractivity contribution is 0.102. The number of amides is 1. The second-order valence-corrected chi connectivity index (χ2v) is 6.69. The first kappa shape index (κ1) is 18.5. The largest absolute Gasteiger partial charge is 0.497 e. The van der Waals surface area contributed by atoms with E-state index in [-0.39, 0.29) is 11.3 Å². The van der Waals surface area contributed by atoms with Gasteiger partial charge in [-0.1, -0.05) is 48.0 Å². The van der Waals surface area contributed by atoms with Crippen LogP contribution in [0.4, 0.5) is 5.88 Å². The van der Waals surface area contributed by atoms with Gasteiger partial charge in [0.2, 0.25) is 11.3 Å². The van der Waals surface area contributed by atoms with Gasteiger partial charge in [-0.3, -0.25) is 14.9 Å². The van der Waals surface area contributed by atoms with Crippen molar-refractivity contribution in [3.05, 3.63) is 94.1 Å². The molecule has 0 aliphatic carbocycles. The molecule has 3 aromatic carbocycles. The molecule has 4 aromatic rings. The Morgan fingerprint density at radius 3 is 2.55 bits per heavy atom. The highest BCUT2D eigenvalue weighted by molar-refractivity contribution is 6.06. The zero-order valence-corrected chi connectivity index (χ0v) is 16.1. The molecule has 0 aliphatic heterocycles. The van der Waals surface area contributed by atoms with Crippen LogP contribution in [-0.4, -0.2) is 13.0 Å². The molecular formula is C24H19NO4. The summed E-state index contributed by atoms with van der Waals surface area (Å²) in [6, 6.07) is 21.3. The average molecular weight is 385 g/mol. The lowest BCUT2D eigenvalue weighted by Crippen LogP contribution is -2.16. The highest BCUT2D eigenvalue weighted by Gasteiger charge is 2.19. The molecule has 0 radical (unpaired) electrons. The number of aryl methyl sites for hydroxylation is 1. The fraction of sp³-hybridized carbons (Fsp3) is 0.0833. The molecule has 0 unspecified atom stereocenters. The van der Waals surface area contributed by atoms with Crippen molar-refractivity contribution in [1.82, 2.24) is 0 Å². The van der Waals surface area contributed by atoms with E-state index < -0.39 is 5.91 Å². The molecule has 0 atom stereocenters. The highest BCUT2D eigenvalue weighted by Crippen LogP contribution is 2.29. The number of rotatable bonds is 4. The third-order valence-corrected chi connectivity index (χ3v) is 4.66. The summed E-state index contributed by atoms with van der Waals surface area (Å²) < 4.78 is 11.1. The van der Waals surface area contributed by atoms with Gasteiger partial charge in [0.05, 0.1) is 18.1 Å². The van der Waals surface area contributed by atoms with Crippen LogP contribution in [-0.2, 0) is 0 Å². The predicted molar refractivity (Wildman–Crippen MR) is 114 cm³/mol. The van der Waals surface area contributed by atoms with Gasteiger partial charge in [0.15, 0.2) is 0 Å². The van der Waals surface area contributed by atoms with E-state index in [4.69, 9.17) is 9.15 Å². The van der Waals surface area contributed by atoms with E-state index in [0.717, 1.165) is 5.56 Å². The topological polar surface area (TPSA) is 68.5 Å². The predicted octanol–water partition coefficient (Wildman–Crippen LogP) is 5.03. The van der Waals surface area contributed by atoms with Crippen molar-refractivity contribution in [1.29, 1.82) is 0 Å². The molecule has 0 spiro atoms. The molecule has 144 valence electrons. The van der Waals surface area contributed by atoms with Crippen LogP contribution in [0.5, 0.6) is 5.75 Å². The number of hydrogen-bond acceptors (Lipinski definition) is 4. The minimum Gasteiger partial charge on any atom is -0.497 e. The molecule has 4 rings (SSSR count).